The molecule has 2 heterocycles. The molecular formula is C20H18Cl2N4. The minimum atomic E-state index is 0.589. The Kier molecular flexibility index (Phi) is 4.96. The van der Waals surface area contributed by atoms with Crippen molar-refractivity contribution in [1.82, 2.24) is 15.2 Å². The van der Waals surface area contributed by atoms with Crippen LogP contribution in [0.25, 0.3) is 11.3 Å². The summed E-state index contributed by atoms with van der Waals surface area (Å²) in [7, 11) is 0. The normalized spacial score (nSPS) is 14.8. The van der Waals surface area contributed by atoms with Crippen LogP contribution in [0.3, 0.4) is 0 Å². The molecule has 2 aromatic carbocycles. The van der Waals surface area contributed by atoms with Crippen LogP contribution in [0.5, 0.6) is 0 Å². The predicted molar refractivity (Wildman–Crippen MR) is 107 cm³/mol. The minimum absolute atomic E-state index is 0.589. The van der Waals surface area contributed by atoms with Gasteiger partial charge in [0.05, 0.1) is 11.9 Å². The van der Waals surface area contributed by atoms with Crippen LogP contribution in [0.15, 0.2) is 59.8 Å². The van der Waals surface area contributed by atoms with Crippen molar-refractivity contribution >= 4 is 28.9 Å². The van der Waals surface area contributed by atoms with Crippen molar-refractivity contribution in [3.05, 3.63) is 75.9 Å². The van der Waals surface area contributed by atoms with E-state index in [0.29, 0.717) is 10.0 Å². The fraction of sp³-hybridized carbons (Fsp3) is 0.200. The first kappa shape index (κ1) is 17.1. The second-order valence-electron chi connectivity index (χ2n) is 6.29. The first-order chi connectivity index (χ1) is 12.7. The maximum atomic E-state index is 6.20. The highest BCUT2D eigenvalue weighted by atomic mass is 35.5. The van der Waals surface area contributed by atoms with Crippen molar-refractivity contribution in [2.45, 2.75) is 12.8 Å². The van der Waals surface area contributed by atoms with Crippen molar-refractivity contribution in [2.75, 3.05) is 13.1 Å². The molecule has 4 rings (SSSR count). The summed E-state index contributed by atoms with van der Waals surface area (Å²) in [6.07, 6.45) is 4.16. The molecule has 26 heavy (non-hydrogen) atoms. The van der Waals surface area contributed by atoms with Crippen molar-refractivity contribution in [1.29, 1.82) is 0 Å². The van der Waals surface area contributed by atoms with Crippen LogP contribution in [-0.4, -0.2) is 34.0 Å². The monoisotopic (exact) mass is 384 g/mol. The lowest BCUT2D eigenvalue weighted by molar-refractivity contribution is 0.361. The molecule has 1 aromatic heterocycles. The zero-order valence-corrected chi connectivity index (χ0v) is 15.6. The molecule has 1 aliphatic heterocycles. The molecule has 0 saturated carbocycles. The van der Waals surface area contributed by atoms with Gasteiger partial charge in [-0.3, -0.25) is 10.1 Å². The van der Waals surface area contributed by atoms with Crippen molar-refractivity contribution in [3.63, 3.8) is 0 Å². The third-order valence-corrected chi connectivity index (χ3v) is 4.85. The van der Waals surface area contributed by atoms with Crippen molar-refractivity contribution in [3.8, 4) is 11.3 Å². The topological polar surface area (TPSA) is 44.3 Å². The van der Waals surface area contributed by atoms with Gasteiger partial charge < -0.3 is 0 Å². The molecule has 132 valence electrons. The zero-order chi connectivity index (χ0) is 17.9. The molecule has 4 nitrogen and oxygen atoms in total. The quantitative estimate of drug-likeness (QED) is 0.625. The van der Waals surface area contributed by atoms with Gasteiger partial charge in [-0.2, -0.15) is 10.2 Å². The number of halogens is 2. The number of aromatic amines is 1. The number of benzene rings is 2. The van der Waals surface area contributed by atoms with Gasteiger partial charge in [0.25, 0.3) is 0 Å². The predicted octanol–water partition coefficient (Wildman–Crippen LogP) is 5.23. The molecule has 0 unspecified atom stereocenters. The SMILES string of the molecule is Clc1cc(Cl)cc(-c2[nH]ncc2/C(=N\N2CCCC2)c2ccccc2)c1. The van der Waals surface area contributed by atoms with Gasteiger partial charge in [0.2, 0.25) is 0 Å². The molecule has 0 bridgehead atoms. The van der Waals surface area contributed by atoms with E-state index in [0.717, 1.165) is 41.2 Å². The van der Waals surface area contributed by atoms with Crippen LogP contribution in [0, 0.1) is 0 Å². The summed E-state index contributed by atoms with van der Waals surface area (Å²) >= 11 is 12.4. The highest BCUT2D eigenvalue weighted by Gasteiger charge is 2.19. The standard InChI is InChI=1S/C20H18Cl2N4/c21-16-10-15(11-17(22)12-16)19-18(13-23-24-19)20(14-6-2-1-3-7-14)25-26-8-4-5-9-26/h1-3,6-7,10-13H,4-5,8-9H2,(H,23,24)/b25-20-. The Morgan fingerprint density at radius 3 is 2.38 bits per heavy atom. The highest BCUT2D eigenvalue weighted by molar-refractivity contribution is 6.35. The Bertz CT molecular complexity index is 908. The Morgan fingerprint density at radius 1 is 1.00 bits per heavy atom. The van der Waals surface area contributed by atoms with E-state index in [1.165, 1.54) is 12.8 Å². The molecule has 0 radical (unpaired) electrons. The van der Waals surface area contributed by atoms with Crippen LogP contribution >= 0.6 is 23.2 Å². The molecule has 3 aromatic rings. The number of hydrogen-bond donors (Lipinski definition) is 1. The lowest BCUT2D eigenvalue weighted by Gasteiger charge is -2.15. The molecule has 1 aliphatic rings. The lowest BCUT2D eigenvalue weighted by Crippen LogP contribution is -2.16. The molecule has 1 fully saturated rings. The van der Waals surface area contributed by atoms with Gasteiger partial charge in [0.1, 0.15) is 5.71 Å². The second kappa shape index (κ2) is 7.52. The van der Waals surface area contributed by atoms with Gasteiger partial charge >= 0.3 is 0 Å². The Labute approximate surface area is 162 Å². The van der Waals surface area contributed by atoms with E-state index in [4.69, 9.17) is 28.3 Å². The number of rotatable bonds is 4. The van der Waals surface area contributed by atoms with E-state index in [1.54, 1.807) is 6.07 Å². The van der Waals surface area contributed by atoms with Gasteiger partial charge in [-0.25, -0.2) is 0 Å². The number of aromatic nitrogens is 2. The molecule has 1 saturated heterocycles. The van der Waals surface area contributed by atoms with E-state index in [2.05, 4.69) is 27.3 Å². The average Bonchev–Trinajstić information content (AvgIpc) is 3.31. The van der Waals surface area contributed by atoms with Crippen LogP contribution in [0.1, 0.15) is 24.0 Å². The number of H-pyrrole nitrogens is 1. The molecule has 0 amide bonds. The summed E-state index contributed by atoms with van der Waals surface area (Å²) in [6.45, 7) is 1.96. The summed E-state index contributed by atoms with van der Waals surface area (Å²) in [5.74, 6) is 0. The maximum absolute atomic E-state index is 6.20. The highest BCUT2D eigenvalue weighted by Crippen LogP contribution is 2.29. The smallest absolute Gasteiger partial charge is 0.101 e. The summed E-state index contributed by atoms with van der Waals surface area (Å²) in [6, 6.07) is 15.7. The fourth-order valence-corrected chi connectivity index (χ4v) is 3.71. The van der Waals surface area contributed by atoms with Crippen molar-refractivity contribution < 1.29 is 0 Å². The van der Waals surface area contributed by atoms with Crippen LogP contribution in [-0.2, 0) is 0 Å². The zero-order valence-electron chi connectivity index (χ0n) is 14.1. The third-order valence-electron chi connectivity index (χ3n) is 4.42. The number of hydrazone groups is 1. The molecule has 1 N–H and O–H groups in total. The largest absolute Gasteiger partial charge is 0.296 e. The summed E-state index contributed by atoms with van der Waals surface area (Å²) in [5.41, 5.74) is 4.63. The van der Waals surface area contributed by atoms with E-state index >= 15 is 0 Å². The van der Waals surface area contributed by atoms with Gasteiger partial charge in [-0.1, -0.05) is 53.5 Å². The molecule has 6 heteroatoms. The number of nitrogens with one attached hydrogen (secondary N) is 1. The van der Waals surface area contributed by atoms with Crippen LogP contribution in [0.4, 0.5) is 0 Å². The van der Waals surface area contributed by atoms with E-state index < -0.39 is 0 Å². The average molecular weight is 385 g/mol. The maximum Gasteiger partial charge on any atom is 0.101 e. The molecule has 0 aliphatic carbocycles. The minimum Gasteiger partial charge on any atom is -0.296 e. The second-order valence-corrected chi connectivity index (χ2v) is 7.17. The van der Waals surface area contributed by atoms with E-state index in [1.807, 2.05) is 36.5 Å². The third kappa shape index (κ3) is 3.62. The number of nitrogens with zero attached hydrogens (tertiary/aromatic N) is 3. The fourth-order valence-electron chi connectivity index (χ4n) is 3.19. The van der Waals surface area contributed by atoms with Crippen molar-refractivity contribution in [2.24, 2.45) is 5.10 Å². The first-order valence-electron chi connectivity index (χ1n) is 8.60. The lowest BCUT2D eigenvalue weighted by atomic mass is 9.99. The van der Waals surface area contributed by atoms with Gasteiger partial charge in [0, 0.05) is 39.8 Å². The molecule has 0 spiro atoms. The summed E-state index contributed by atoms with van der Waals surface area (Å²) in [5, 5.41) is 15.6. The Morgan fingerprint density at radius 2 is 1.69 bits per heavy atom. The summed E-state index contributed by atoms with van der Waals surface area (Å²) < 4.78 is 0. The Hall–Kier alpha value is -2.30. The Balaban J connectivity index is 1.84. The van der Waals surface area contributed by atoms with Gasteiger partial charge in [0.15, 0.2) is 0 Å². The molecule has 0 atom stereocenters. The van der Waals surface area contributed by atoms with E-state index in [9.17, 15) is 0 Å². The first-order valence-corrected chi connectivity index (χ1v) is 9.35. The van der Waals surface area contributed by atoms with Crippen LogP contribution in [0.2, 0.25) is 10.0 Å². The van der Waals surface area contributed by atoms with E-state index in [-0.39, 0.29) is 0 Å². The molecular weight excluding hydrogens is 367 g/mol. The van der Waals surface area contributed by atoms with Gasteiger partial charge in [-0.05, 0) is 31.0 Å². The summed E-state index contributed by atoms with van der Waals surface area (Å²) in [4.78, 5) is 0. The van der Waals surface area contributed by atoms with Crippen LogP contribution < -0.4 is 0 Å². The van der Waals surface area contributed by atoms with Gasteiger partial charge in [-0.15, -0.1) is 0 Å². The number of hydrogen-bond acceptors (Lipinski definition) is 3.